The van der Waals surface area contributed by atoms with Crippen molar-refractivity contribution in [2.45, 2.75) is 46.1 Å². The minimum Gasteiger partial charge on any atom is -0.381 e. The molecule has 29 heavy (non-hydrogen) atoms. The highest BCUT2D eigenvalue weighted by molar-refractivity contribution is 14.0. The fraction of sp³-hybridized carbons (Fsp3) is 0.696. The number of nitrogens with zero attached hydrogens (tertiary/aromatic N) is 3. The van der Waals surface area contributed by atoms with E-state index in [1.165, 1.54) is 18.4 Å². The zero-order chi connectivity index (χ0) is 19.8. The molecule has 6 heteroatoms. The first-order valence-corrected chi connectivity index (χ1v) is 11.1. The number of likely N-dealkylation sites (tertiary alicyclic amines) is 1. The van der Waals surface area contributed by atoms with Gasteiger partial charge in [0, 0.05) is 37.7 Å². The van der Waals surface area contributed by atoms with Crippen LogP contribution >= 0.6 is 24.0 Å². The summed E-state index contributed by atoms with van der Waals surface area (Å²) in [4.78, 5) is 10.1. The quantitative estimate of drug-likeness (QED) is 0.327. The van der Waals surface area contributed by atoms with Crippen molar-refractivity contribution in [2.75, 3.05) is 52.5 Å². The molecule has 2 heterocycles. The zero-order valence-corrected chi connectivity index (χ0v) is 20.7. The summed E-state index contributed by atoms with van der Waals surface area (Å²) in [7, 11) is 0. The SMILES string of the molecule is CCNC(=NCC(Cc1ccccc1)N(CC)CC)N1CCC2(CCOC2)C1.I. The molecule has 0 aromatic heterocycles. The van der Waals surface area contributed by atoms with Crippen molar-refractivity contribution in [3.63, 3.8) is 0 Å². The third-order valence-corrected chi connectivity index (χ3v) is 6.35. The lowest BCUT2D eigenvalue weighted by atomic mass is 9.87. The number of benzene rings is 1. The van der Waals surface area contributed by atoms with Crippen LogP contribution < -0.4 is 5.32 Å². The predicted molar refractivity (Wildman–Crippen MR) is 132 cm³/mol. The molecule has 1 aromatic rings. The first kappa shape index (κ1) is 24.4. The van der Waals surface area contributed by atoms with Crippen molar-refractivity contribution in [3.05, 3.63) is 35.9 Å². The molecule has 2 atom stereocenters. The van der Waals surface area contributed by atoms with Crippen LogP contribution in [0, 0.1) is 5.41 Å². The molecule has 164 valence electrons. The van der Waals surface area contributed by atoms with Gasteiger partial charge in [-0.2, -0.15) is 0 Å². The topological polar surface area (TPSA) is 40.1 Å². The second kappa shape index (κ2) is 12.1. The fourth-order valence-corrected chi connectivity index (χ4v) is 4.64. The third kappa shape index (κ3) is 6.56. The van der Waals surface area contributed by atoms with E-state index in [0.29, 0.717) is 11.5 Å². The van der Waals surface area contributed by atoms with E-state index < -0.39 is 0 Å². The number of halogens is 1. The molecular formula is C23H39IN4O. The Morgan fingerprint density at radius 1 is 1.21 bits per heavy atom. The largest absolute Gasteiger partial charge is 0.381 e. The number of ether oxygens (including phenoxy) is 1. The fourth-order valence-electron chi connectivity index (χ4n) is 4.64. The van der Waals surface area contributed by atoms with E-state index in [2.05, 4.69) is 66.2 Å². The van der Waals surface area contributed by atoms with E-state index in [0.717, 1.165) is 64.9 Å². The number of likely N-dealkylation sites (N-methyl/N-ethyl adjacent to an activating group) is 1. The van der Waals surface area contributed by atoms with Crippen LogP contribution in [0.5, 0.6) is 0 Å². The van der Waals surface area contributed by atoms with Gasteiger partial charge in [-0.3, -0.25) is 9.89 Å². The lowest BCUT2D eigenvalue weighted by Crippen LogP contribution is -2.44. The molecule has 2 fully saturated rings. The standard InChI is InChI=1S/C23H38N4O.HI/c1-4-24-22(27-14-12-23(18-27)13-15-28-19-23)25-17-21(26(5-2)6-3)16-20-10-8-7-9-11-20;/h7-11,21H,4-6,12-19H2,1-3H3,(H,24,25);1H. The Kier molecular flexibility index (Phi) is 10.2. The van der Waals surface area contributed by atoms with Crippen molar-refractivity contribution in [3.8, 4) is 0 Å². The molecule has 0 radical (unpaired) electrons. The summed E-state index contributed by atoms with van der Waals surface area (Å²) in [5.74, 6) is 1.08. The Morgan fingerprint density at radius 3 is 2.59 bits per heavy atom. The summed E-state index contributed by atoms with van der Waals surface area (Å²) >= 11 is 0. The molecule has 2 aliphatic rings. The second-order valence-electron chi connectivity index (χ2n) is 8.23. The van der Waals surface area contributed by atoms with Crippen molar-refractivity contribution in [1.29, 1.82) is 0 Å². The summed E-state index contributed by atoms with van der Waals surface area (Å²) in [6.07, 6.45) is 3.46. The minimum absolute atomic E-state index is 0. The maximum absolute atomic E-state index is 5.70. The summed E-state index contributed by atoms with van der Waals surface area (Å²) in [5.41, 5.74) is 1.75. The first-order chi connectivity index (χ1) is 13.7. The van der Waals surface area contributed by atoms with Crippen LogP contribution in [0.1, 0.15) is 39.2 Å². The summed E-state index contributed by atoms with van der Waals surface area (Å²) < 4.78 is 5.70. The normalized spacial score (nSPS) is 22.9. The van der Waals surface area contributed by atoms with Gasteiger partial charge in [-0.25, -0.2) is 0 Å². The lowest BCUT2D eigenvalue weighted by Gasteiger charge is -2.30. The highest BCUT2D eigenvalue weighted by Gasteiger charge is 2.42. The van der Waals surface area contributed by atoms with Crippen molar-refractivity contribution in [2.24, 2.45) is 10.4 Å². The first-order valence-electron chi connectivity index (χ1n) is 11.1. The molecule has 1 N–H and O–H groups in total. The van der Waals surface area contributed by atoms with Gasteiger partial charge in [0.1, 0.15) is 0 Å². The van der Waals surface area contributed by atoms with Gasteiger partial charge < -0.3 is 15.0 Å². The summed E-state index contributed by atoms with van der Waals surface area (Å²) in [6, 6.07) is 11.3. The summed E-state index contributed by atoms with van der Waals surface area (Å²) in [5, 5.41) is 3.54. The molecule has 0 bridgehead atoms. The number of guanidine groups is 1. The van der Waals surface area contributed by atoms with E-state index in [1.807, 2.05) is 0 Å². The Morgan fingerprint density at radius 2 is 1.97 bits per heavy atom. The molecule has 2 aliphatic heterocycles. The van der Waals surface area contributed by atoms with Gasteiger partial charge in [0.25, 0.3) is 0 Å². The second-order valence-corrected chi connectivity index (χ2v) is 8.23. The van der Waals surface area contributed by atoms with Crippen LogP contribution in [0.15, 0.2) is 35.3 Å². The molecule has 0 aliphatic carbocycles. The third-order valence-electron chi connectivity index (χ3n) is 6.35. The number of nitrogens with one attached hydrogen (secondary N) is 1. The van der Waals surface area contributed by atoms with E-state index in [-0.39, 0.29) is 24.0 Å². The smallest absolute Gasteiger partial charge is 0.193 e. The molecule has 5 nitrogen and oxygen atoms in total. The number of hydrogen-bond acceptors (Lipinski definition) is 3. The van der Waals surface area contributed by atoms with Gasteiger partial charge in [-0.15, -0.1) is 24.0 Å². The molecule has 1 aromatic carbocycles. The number of hydrogen-bond donors (Lipinski definition) is 1. The lowest BCUT2D eigenvalue weighted by molar-refractivity contribution is 0.156. The highest BCUT2D eigenvalue weighted by Crippen LogP contribution is 2.38. The maximum atomic E-state index is 5.70. The molecule has 2 unspecified atom stereocenters. The van der Waals surface area contributed by atoms with Crippen LogP contribution in [0.25, 0.3) is 0 Å². The molecule has 1 spiro atoms. The van der Waals surface area contributed by atoms with Crippen LogP contribution in [-0.2, 0) is 11.2 Å². The van der Waals surface area contributed by atoms with Crippen molar-refractivity contribution in [1.82, 2.24) is 15.1 Å². The van der Waals surface area contributed by atoms with E-state index >= 15 is 0 Å². The molecule has 2 saturated heterocycles. The number of rotatable bonds is 8. The number of aliphatic imine (C=N–C) groups is 1. The highest BCUT2D eigenvalue weighted by atomic mass is 127. The predicted octanol–water partition coefficient (Wildman–Crippen LogP) is 3.64. The Hall–Kier alpha value is -0.860. The van der Waals surface area contributed by atoms with E-state index in [1.54, 1.807) is 0 Å². The van der Waals surface area contributed by atoms with Crippen LogP contribution in [0.2, 0.25) is 0 Å². The summed E-state index contributed by atoms with van der Waals surface area (Å²) in [6.45, 7) is 14.5. The van der Waals surface area contributed by atoms with Gasteiger partial charge in [0.05, 0.1) is 13.2 Å². The average molecular weight is 514 g/mol. The zero-order valence-electron chi connectivity index (χ0n) is 18.4. The van der Waals surface area contributed by atoms with Crippen LogP contribution in [0.3, 0.4) is 0 Å². The van der Waals surface area contributed by atoms with E-state index in [9.17, 15) is 0 Å². The van der Waals surface area contributed by atoms with E-state index in [4.69, 9.17) is 9.73 Å². The Bertz CT molecular complexity index is 615. The van der Waals surface area contributed by atoms with Gasteiger partial charge in [-0.1, -0.05) is 44.2 Å². The van der Waals surface area contributed by atoms with Gasteiger partial charge in [-0.05, 0) is 44.8 Å². The van der Waals surface area contributed by atoms with Gasteiger partial charge >= 0.3 is 0 Å². The molecule has 0 saturated carbocycles. The van der Waals surface area contributed by atoms with Crippen molar-refractivity contribution >= 4 is 29.9 Å². The van der Waals surface area contributed by atoms with Gasteiger partial charge in [0.15, 0.2) is 5.96 Å². The molecule has 3 rings (SSSR count). The van der Waals surface area contributed by atoms with Gasteiger partial charge in [0.2, 0.25) is 0 Å². The minimum atomic E-state index is 0. The maximum Gasteiger partial charge on any atom is 0.193 e. The van der Waals surface area contributed by atoms with Crippen LogP contribution in [-0.4, -0.2) is 74.3 Å². The van der Waals surface area contributed by atoms with Crippen LogP contribution in [0.4, 0.5) is 0 Å². The average Bonchev–Trinajstić information content (AvgIpc) is 3.36. The molecular weight excluding hydrogens is 475 g/mol. The molecule has 0 amide bonds. The Labute approximate surface area is 194 Å². The van der Waals surface area contributed by atoms with Crippen molar-refractivity contribution < 1.29 is 4.74 Å². The Balaban J connectivity index is 0.00000300. The monoisotopic (exact) mass is 514 g/mol.